The molecule has 2 bridgehead atoms. The summed E-state index contributed by atoms with van der Waals surface area (Å²) >= 11 is 1.47. The Morgan fingerprint density at radius 3 is 2.84 bits per heavy atom. The predicted molar refractivity (Wildman–Crippen MR) is 122 cm³/mol. The normalized spacial score (nSPS) is 26.7. The number of amides is 1. The number of fused-ring (bicyclic) bond motifs is 3. The monoisotopic (exact) mass is 443 g/mol. The molecule has 31 heavy (non-hydrogen) atoms. The number of thiophene rings is 1. The van der Waals surface area contributed by atoms with Gasteiger partial charge in [-0.15, -0.1) is 11.3 Å². The molecule has 4 atom stereocenters. The van der Waals surface area contributed by atoms with Gasteiger partial charge in [-0.25, -0.2) is 4.39 Å². The molecule has 1 aromatic carbocycles. The van der Waals surface area contributed by atoms with Crippen molar-refractivity contribution < 1.29 is 19.1 Å². The quantitative estimate of drug-likeness (QED) is 0.387. The SMILES string of the molecule is CC1(C)[C@H]2C[C@H](NC(=O)c3csc4ccc(F)cc34)[C@@H](CC=CCCCC(=O)O)[C@@H]1C2. The van der Waals surface area contributed by atoms with Crippen LogP contribution in [0, 0.1) is 29.0 Å². The van der Waals surface area contributed by atoms with Crippen molar-refractivity contribution in [1.82, 2.24) is 5.32 Å². The van der Waals surface area contributed by atoms with Gasteiger partial charge in [0.15, 0.2) is 0 Å². The van der Waals surface area contributed by atoms with Crippen LogP contribution in [0.15, 0.2) is 35.7 Å². The summed E-state index contributed by atoms with van der Waals surface area (Å²) in [5.74, 6) is 0.350. The molecule has 1 aromatic heterocycles. The second-order valence-electron chi connectivity index (χ2n) is 9.62. The summed E-state index contributed by atoms with van der Waals surface area (Å²) in [5, 5.41) is 14.6. The van der Waals surface area contributed by atoms with Crippen molar-refractivity contribution >= 4 is 33.3 Å². The first kappa shape index (κ1) is 22.0. The van der Waals surface area contributed by atoms with Crippen molar-refractivity contribution in [3.05, 3.63) is 47.1 Å². The Morgan fingerprint density at radius 2 is 2.10 bits per heavy atom. The molecule has 6 heteroatoms. The standard InChI is InChI=1S/C25H30FNO3S/c1-25(2)15-11-20(25)17(7-5-3-4-6-8-23(28)29)21(12-15)27-24(30)19-14-31-22-10-9-16(26)13-18(19)22/h3,5,9-10,13-15,17,20-21H,4,6-8,11-12H2,1-2H3,(H,27,30)(H,28,29)/t15-,17+,20+,21+/m1/s1. The highest BCUT2D eigenvalue weighted by Crippen LogP contribution is 2.62. The maximum Gasteiger partial charge on any atom is 0.303 e. The van der Waals surface area contributed by atoms with Crippen molar-refractivity contribution in [2.45, 2.75) is 58.4 Å². The van der Waals surface area contributed by atoms with Gasteiger partial charge in [0.05, 0.1) is 5.56 Å². The van der Waals surface area contributed by atoms with Crippen LogP contribution >= 0.6 is 11.3 Å². The van der Waals surface area contributed by atoms with Gasteiger partial charge in [-0.1, -0.05) is 26.0 Å². The first-order valence-corrected chi connectivity index (χ1v) is 12.0. The van der Waals surface area contributed by atoms with E-state index in [9.17, 15) is 14.0 Å². The van der Waals surface area contributed by atoms with Gasteiger partial charge in [0.1, 0.15) is 5.82 Å². The van der Waals surface area contributed by atoms with Crippen molar-refractivity contribution in [3.63, 3.8) is 0 Å². The van der Waals surface area contributed by atoms with Gasteiger partial charge < -0.3 is 10.4 Å². The van der Waals surface area contributed by atoms with E-state index in [0.29, 0.717) is 40.5 Å². The fraction of sp³-hybridized carbons (Fsp3) is 0.520. The number of nitrogens with one attached hydrogen (secondary N) is 1. The van der Waals surface area contributed by atoms with Crippen LogP contribution in [0.2, 0.25) is 0 Å². The fourth-order valence-electron chi connectivity index (χ4n) is 5.60. The lowest BCUT2D eigenvalue weighted by Crippen LogP contribution is -2.61. The van der Waals surface area contributed by atoms with E-state index in [1.807, 2.05) is 5.38 Å². The zero-order valence-corrected chi connectivity index (χ0v) is 18.9. The summed E-state index contributed by atoms with van der Waals surface area (Å²) in [7, 11) is 0. The van der Waals surface area contributed by atoms with E-state index in [1.165, 1.54) is 29.9 Å². The number of carboxylic acid groups (broad SMARTS) is 1. The maximum atomic E-state index is 13.7. The molecule has 1 amide bonds. The molecule has 3 aliphatic carbocycles. The number of halogens is 1. The summed E-state index contributed by atoms with van der Waals surface area (Å²) < 4.78 is 14.6. The fourth-order valence-corrected chi connectivity index (χ4v) is 6.53. The van der Waals surface area contributed by atoms with Crippen LogP contribution in [0.1, 0.15) is 62.7 Å². The molecule has 2 N–H and O–H groups in total. The predicted octanol–water partition coefficient (Wildman–Crippen LogP) is 6.02. The second-order valence-corrected chi connectivity index (χ2v) is 10.5. The number of aliphatic carboxylic acids is 1. The summed E-state index contributed by atoms with van der Waals surface area (Å²) in [5.41, 5.74) is 0.849. The number of carbonyl (C=O) groups is 2. The minimum atomic E-state index is -0.758. The average Bonchev–Trinajstić information content (AvgIpc) is 3.13. The number of hydrogen-bond donors (Lipinski definition) is 2. The summed E-state index contributed by atoms with van der Waals surface area (Å²) in [4.78, 5) is 23.8. The maximum absolute atomic E-state index is 13.7. The molecular weight excluding hydrogens is 413 g/mol. The van der Waals surface area contributed by atoms with E-state index in [0.717, 1.165) is 24.0 Å². The molecule has 1 heterocycles. The van der Waals surface area contributed by atoms with Gasteiger partial charge in [-0.2, -0.15) is 0 Å². The molecule has 2 aromatic rings. The highest BCUT2D eigenvalue weighted by Gasteiger charge is 2.57. The first-order chi connectivity index (χ1) is 14.8. The molecule has 3 fully saturated rings. The molecule has 166 valence electrons. The zero-order valence-electron chi connectivity index (χ0n) is 18.1. The van der Waals surface area contributed by atoms with Gasteiger partial charge >= 0.3 is 5.97 Å². The number of carbonyl (C=O) groups excluding carboxylic acids is 1. The van der Waals surface area contributed by atoms with Crippen molar-refractivity contribution in [2.75, 3.05) is 0 Å². The van der Waals surface area contributed by atoms with Crippen molar-refractivity contribution in [2.24, 2.45) is 23.2 Å². The lowest BCUT2D eigenvalue weighted by atomic mass is 9.44. The number of carboxylic acids is 1. The van der Waals surface area contributed by atoms with Gasteiger partial charge in [-0.3, -0.25) is 9.59 Å². The molecule has 0 saturated heterocycles. The Kier molecular flexibility index (Phi) is 6.20. The molecule has 0 spiro atoms. The van der Waals surface area contributed by atoms with E-state index in [-0.39, 0.29) is 24.2 Å². The average molecular weight is 444 g/mol. The van der Waals surface area contributed by atoms with E-state index in [1.54, 1.807) is 6.07 Å². The second kappa shape index (κ2) is 8.73. The van der Waals surface area contributed by atoms with Crippen LogP contribution in [-0.4, -0.2) is 23.0 Å². The molecule has 0 aliphatic heterocycles. The van der Waals surface area contributed by atoms with Crippen molar-refractivity contribution in [3.8, 4) is 0 Å². The van der Waals surface area contributed by atoms with Crippen LogP contribution in [0.5, 0.6) is 0 Å². The molecule has 0 radical (unpaired) electrons. The molecule has 3 saturated carbocycles. The Bertz CT molecular complexity index is 1010. The van der Waals surface area contributed by atoms with Gasteiger partial charge in [-0.05, 0) is 73.5 Å². The van der Waals surface area contributed by atoms with Crippen LogP contribution in [0.4, 0.5) is 4.39 Å². The molecular formula is C25H30FNO3S. The minimum absolute atomic E-state index is 0.108. The Labute approximate surface area is 186 Å². The molecule has 5 rings (SSSR count). The zero-order chi connectivity index (χ0) is 22.2. The minimum Gasteiger partial charge on any atom is -0.481 e. The molecule has 3 aliphatic rings. The van der Waals surface area contributed by atoms with E-state index in [4.69, 9.17) is 5.11 Å². The number of hydrogen-bond acceptors (Lipinski definition) is 3. The largest absolute Gasteiger partial charge is 0.481 e. The third-order valence-corrected chi connectivity index (χ3v) is 8.51. The Hall–Kier alpha value is -2.21. The molecule has 4 nitrogen and oxygen atoms in total. The van der Waals surface area contributed by atoms with Gasteiger partial charge in [0, 0.05) is 27.9 Å². The summed E-state index contributed by atoms with van der Waals surface area (Å²) in [6.45, 7) is 4.67. The lowest BCUT2D eigenvalue weighted by molar-refractivity contribution is -0.137. The first-order valence-electron chi connectivity index (χ1n) is 11.1. The van der Waals surface area contributed by atoms with Crippen molar-refractivity contribution in [1.29, 1.82) is 0 Å². The third kappa shape index (κ3) is 4.40. The van der Waals surface area contributed by atoms with Crippen LogP contribution < -0.4 is 5.32 Å². The Balaban J connectivity index is 1.45. The van der Waals surface area contributed by atoms with Gasteiger partial charge in [0.2, 0.25) is 0 Å². The number of benzene rings is 1. The number of allylic oxidation sites excluding steroid dienone is 2. The highest BCUT2D eigenvalue weighted by molar-refractivity contribution is 7.17. The highest BCUT2D eigenvalue weighted by atomic mass is 32.1. The molecule has 0 unspecified atom stereocenters. The smallest absolute Gasteiger partial charge is 0.303 e. The number of unbranched alkanes of at least 4 members (excludes halogenated alkanes) is 1. The van der Waals surface area contributed by atoms with Gasteiger partial charge in [0.25, 0.3) is 5.91 Å². The summed E-state index contributed by atoms with van der Waals surface area (Å²) in [6, 6.07) is 4.70. The van der Waals surface area contributed by atoms with E-state index >= 15 is 0 Å². The van der Waals surface area contributed by atoms with Crippen LogP contribution in [0.3, 0.4) is 0 Å². The van der Waals surface area contributed by atoms with Crippen LogP contribution in [-0.2, 0) is 4.79 Å². The van der Waals surface area contributed by atoms with E-state index in [2.05, 4.69) is 31.3 Å². The number of rotatable bonds is 8. The third-order valence-electron chi connectivity index (χ3n) is 7.55. The topological polar surface area (TPSA) is 66.4 Å². The Morgan fingerprint density at radius 1 is 1.29 bits per heavy atom. The summed E-state index contributed by atoms with van der Waals surface area (Å²) in [6.07, 6.45) is 8.92. The van der Waals surface area contributed by atoms with Crippen LogP contribution in [0.25, 0.3) is 10.1 Å². The lowest BCUT2D eigenvalue weighted by Gasteiger charge is -2.62. The van der Waals surface area contributed by atoms with E-state index < -0.39 is 5.97 Å².